The van der Waals surface area contributed by atoms with Crippen molar-refractivity contribution in [2.45, 2.75) is 19.3 Å². The van der Waals surface area contributed by atoms with Crippen LogP contribution in [0.15, 0.2) is 0 Å². The zero-order chi connectivity index (χ0) is 7.73. The second kappa shape index (κ2) is 4.07. The molecule has 3 heteroatoms. The molecule has 1 N–H and O–H groups in total. The summed E-state index contributed by atoms with van der Waals surface area (Å²) in [6.45, 7) is 5.40. The molecule has 0 aliphatic carbocycles. The first-order valence-corrected chi connectivity index (χ1v) is 4.81. The quantitative estimate of drug-likeness (QED) is 0.531. The van der Waals surface area contributed by atoms with Crippen LogP contribution in [0.2, 0.25) is 0 Å². The molecule has 3 saturated heterocycles. The minimum Gasteiger partial charge on any atom is -1.00 e. The third kappa shape index (κ3) is 1.83. The van der Waals surface area contributed by atoms with E-state index in [-0.39, 0.29) is 17.0 Å². The molecule has 0 amide bonds. The summed E-state index contributed by atoms with van der Waals surface area (Å²) in [4.78, 5) is 0. The van der Waals surface area contributed by atoms with Gasteiger partial charge in [-0.1, -0.05) is 0 Å². The highest BCUT2D eigenvalue weighted by Gasteiger charge is 2.38. The Morgan fingerprint density at radius 3 is 2.00 bits per heavy atom. The average Bonchev–Trinajstić information content (AvgIpc) is 2.07. The molecule has 3 heterocycles. The second-order valence-electron chi connectivity index (χ2n) is 4.19. The van der Waals surface area contributed by atoms with Crippen molar-refractivity contribution in [3.8, 4) is 0 Å². The molecule has 0 radical (unpaired) electrons. The van der Waals surface area contributed by atoms with E-state index in [0.29, 0.717) is 6.61 Å². The van der Waals surface area contributed by atoms with Crippen LogP contribution in [-0.4, -0.2) is 42.4 Å². The van der Waals surface area contributed by atoms with E-state index >= 15 is 0 Å². The Hall–Kier alpha value is 0.400. The van der Waals surface area contributed by atoms with Gasteiger partial charge < -0.3 is 26.6 Å². The smallest absolute Gasteiger partial charge is 0.102 e. The Morgan fingerprint density at radius 2 is 1.58 bits per heavy atom. The van der Waals surface area contributed by atoms with Gasteiger partial charge in [0.25, 0.3) is 0 Å². The first kappa shape index (κ1) is 10.5. The number of piperidine rings is 3. The molecular weight excluding hydrogens is 218 g/mol. The molecule has 3 aliphatic heterocycles. The van der Waals surface area contributed by atoms with Crippen LogP contribution < -0.4 is 17.0 Å². The van der Waals surface area contributed by atoms with E-state index < -0.39 is 0 Å². The SMILES string of the molecule is OCC[N+]12CCC(CC1)CC2.[Br-]. The molecule has 2 nitrogen and oxygen atoms in total. The number of fused-ring (bicyclic) bond motifs is 3. The Bertz CT molecular complexity index is 124. The third-order valence-electron chi connectivity index (χ3n) is 3.61. The van der Waals surface area contributed by atoms with Crippen LogP contribution in [0.25, 0.3) is 0 Å². The van der Waals surface area contributed by atoms with Crippen LogP contribution in [0, 0.1) is 5.92 Å². The van der Waals surface area contributed by atoms with Gasteiger partial charge in [-0.05, 0) is 25.2 Å². The molecule has 3 aliphatic rings. The second-order valence-corrected chi connectivity index (χ2v) is 4.19. The van der Waals surface area contributed by atoms with Gasteiger partial charge in [0, 0.05) is 0 Å². The molecule has 0 aromatic rings. The van der Waals surface area contributed by atoms with E-state index in [1.54, 1.807) is 0 Å². The molecule has 3 rings (SSSR count). The van der Waals surface area contributed by atoms with E-state index in [1.165, 1.54) is 43.4 Å². The zero-order valence-corrected chi connectivity index (χ0v) is 9.09. The van der Waals surface area contributed by atoms with E-state index in [9.17, 15) is 0 Å². The molecule has 12 heavy (non-hydrogen) atoms. The molecular formula is C9H18BrNO. The fourth-order valence-electron chi connectivity index (χ4n) is 2.69. The highest BCUT2D eigenvalue weighted by atomic mass is 79.9. The van der Waals surface area contributed by atoms with E-state index in [4.69, 9.17) is 5.11 Å². The summed E-state index contributed by atoms with van der Waals surface area (Å²) in [5, 5.41) is 8.92. The first-order valence-electron chi connectivity index (χ1n) is 4.81. The lowest BCUT2D eigenvalue weighted by molar-refractivity contribution is -0.942. The van der Waals surface area contributed by atoms with Gasteiger partial charge in [0.15, 0.2) is 0 Å². The summed E-state index contributed by atoms with van der Waals surface area (Å²) in [6, 6.07) is 0. The fourth-order valence-corrected chi connectivity index (χ4v) is 2.69. The van der Waals surface area contributed by atoms with Crippen molar-refractivity contribution in [2.24, 2.45) is 5.92 Å². The van der Waals surface area contributed by atoms with Gasteiger partial charge in [-0.2, -0.15) is 0 Å². The summed E-state index contributed by atoms with van der Waals surface area (Å²) in [5.74, 6) is 1.04. The summed E-state index contributed by atoms with van der Waals surface area (Å²) >= 11 is 0. The molecule has 0 unspecified atom stereocenters. The minimum absolute atomic E-state index is 0. The van der Waals surface area contributed by atoms with Gasteiger partial charge in [0.1, 0.15) is 6.54 Å². The lowest BCUT2D eigenvalue weighted by atomic mass is 9.86. The maximum atomic E-state index is 8.92. The molecule has 2 bridgehead atoms. The van der Waals surface area contributed by atoms with Gasteiger partial charge >= 0.3 is 0 Å². The lowest BCUT2D eigenvalue weighted by Gasteiger charge is -2.48. The van der Waals surface area contributed by atoms with Crippen molar-refractivity contribution >= 4 is 0 Å². The van der Waals surface area contributed by atoms with Crippen LogP contribution in [-0.2, 0) is 0 Å². The van der Waals surface area contributed by atoms with Gasteiger partial charge in [0.05, 0.1) is 26.2 Å². The minimum atomic E-state index is 0. The highest BCUT2D eigenvalue weighted by Crippen LogP contribution is 2.32. The van der Waals surface area contributed by atoms with Crippen LogP contribution >= 0.6 is 0 Å². The number of hydrogen-bond donors (Lipinski definition) is 1. The van der Waals surface area contributed by atoms with E-state index in [1.807, 2.05) is 0 Å². The largest absolute Gasteiger partial charge is 1.00 e. The number of nitrogens with zero attached hydrogens (tertiary/aromatic N) is 1. The Kier molecular flexibility index (Phi) is 3.56. The summed E-state index contributed by atoms with van der Waals surface area (Å²) in [6.07, 6.45) is 4.25. The Labute approximate surface area is 84.9 Å². The standard InChI is InChI=1S/C9H18NO.BrH/c11-8-7-10-4-1-9(2-5-10)3-6-10;/h9,11H,1-8H2;1H/q+1;/p-1. The summed E-state index contributed by atoms with van der Waals surface area (Å²) < 4.78 is 1.23. The maximum absolute atomic E-state index is 8.92. The Balaban J connectivity index is 0.000000720. The highest BCUT2D eigenvalue weighted by molar-refractivity contribution is 4.71. The molecule has 0 aromatic heterocycles. The van der Waals surface area contributed by atoms with Crippen molar-refractivity contribution < 1.29 is 26.6 Å². The topological polar surface area (TPSA) is 20.2 Å². The van der Waals surface area contributed by atoms with Crippen LogP contribution in [0.3, 0.4) is 0 Å². The van der Waals surface area contributed by atoms with Crippen LogP contribution in [0.5, 0.6) is 0 Å². The number of hydrogen-bond acceptors (Lipinski definition) is 1. The van der Waals surface area contributed by atoms with Gasteiger partial charge in [-0.3, -0.25) is 0 Å². The number of aliphatic hydroxyl groups is 1. The van der Waals surface area contributed by atoms with Crippen molar-refractivity contribution in [3.05, 3.63) is 0 Å². The summed E-state index contributed by atoms with van der Waals surface area (Å²) in [7, 11) is 0. The van der Waals surface area contributed by atoms with Gasteiger partial charge in [-0.15, -0.1) is 0 Å². The molecule has 0 aromatic carbocycles. The zero-order valence-electron chi connectivity index (χ0n) is 7.51. The number of quaternary nitrogens is 1. The van der Waals surface area contributed by atoms with Crippen molar-refractivity contribution in [3.63, 3.8) is 0 Å². The molecule has 0 spiro atoms. The van der Waals surface area contributed by atoms with Crippen LogP contribution in [0.1, 0.15) is 19.3 Å². The monoisotopic (exact) mass is 235 g/mol. The number of aliphatic hydroxyl groups excluding tert-OH is 1. The predicted molar refractivity (Wildman–Crippen MR) is 44.2 cm³/mol. The third-order valence-corrected chi connectivity index (χ3v) is 3.61. The first-order chi connectivity index (χ1) is 5.35. The summed E-state index contributed by atoms with van der Waals surface area (Å²) in [5.41, 5.74) is 0. The molecule has 0 saturated carbocycles. The predicted octanol–water partition coefficient (Wildman–Crippen LogP) is -2.39. The van der Waals surface area contributed by atoms with Crippen molar-refractivity contribution in [2.75, 3.05) is 32.8 Å². The Morgan fingerprint density at radius 1 is 1.08 bits per heavy atom. The fraction of sp³-hybridized carbons (Fsp3) is 1.00. The normalized spacial score (nSPS) is 39.2. The number of halogens is 1. The molecule has 0 atom stereocenters. The van der Waals surface area contributed by atoms with Crippen molar-refractivity contribution in [1.82, 2.24) is 0 Å². The maximum Gasteiger partial charge on any atom is 0.102 e. The molecule has 72 valence electrons. The van der Waals surface area contributed by atoms with E-state index in [2.05, 4.69) is 0 Å². The van der Waals surface area contributed by atoms with Crippen LogP contribution in [0.4, 0.5) is 0 Å². The lowest BCUT2D eigenvalue weighted by Crippen LogP contribution is -3.00. The van der Waals surface area contributed by atoms with E-state index in [0.717, 1.165) is 12.5 Å². The van der Waals surface area contributed by atoms with Gasteiger partial charge in [0.2, 0.25) is 0 Å². The average molecular weight is 236 g/mol. The van der Waals surface area contributed by atoms with Crippen molar-refractivity contribution in [1.29, 1.82) is 0 Å². The van der Waals surface area contributed by atoms with Gasteiger partial charge in [-0.25, -0.2) is 0 Å². The molecule has 3 fully saturated rings. The number of rotatable bonds is 2.